The molecule has 18 heavy (non-hydrogen) atoms. The number of amides is 1. The van der Waals surface area contributed by atoms with E-state index in [9.17, 15) is 9.59 Å². The van der Waals surface area contributed by atoms with Crippen molar-refractivity contribution in [3.8, 4) is 0 Å². The van der Waals surface area contributed by atoms with Crippen LogP contribution in [-0.4, -0.2) is 10.9 Å². The van der Waals surface area contributed by atoms with Crippen molar-refractivity contribution < 1.29 is 4.79 Å². The van der Waals surface area contributed by atoms with E-state index in [-0.39, 0.29) is 11.1 Å². The average molecular weight is 242 g/mol. The standard InChI is InChI=1S/C14H14N2O2/c1-9-5-6-12(10(2)8-9)16-14(18)11-4-3-7-15-13(11)17/h3-8H,1-2H3,(H,15,17)(H,16,18). The van der Waals surface area contributed by atoms with Crippen LogP contribution in [0.15, 0.2) is 41.3 Å². The van der Waals surface area contributed by atoms with Gasteiger partial charge in [-0.15, -0.1) is 0 Å². The van der Waals surface area contributed by atoms with Gasteiger partial charge in [0.1, 0.15) is 5.56 Å². The van der Waals surface area contributed by atoms with Crippen LogP contribution in [-0.2, 0) is 0 Å². The summed E-state index contributed by atoms with van der Waals surface area (Å²) in [6, 6.07) is 8.85. The fourth-order valence-corrected chi connectivity index (χ4v) is 1.74. The Balaban J connectivity index is 2.27. The molecule has 0 atom stereocenters. The zero-order chi connectivity index (χ0) is 13.1. The number of nitrogens with one attached hydrogen (secondary N) is 2. The molecule has 1 aromatic heterocycles. The van der Waals surface area contributed by atoms with Crippen molar-refractivity contribution in [2.45, 2.75) is 13.8 Å². The Morgan fingerprint density at radius 1 is 1.22 bits per heavy atom. The second kappa shape index (κ2) is 4.87. The van der Waals surface area contributed by atoms with E-state index in [1.165, 1.54) is 12.3 Å². The molecular formula is C14H14N2O2. The maximum absolute atomic E-state index is 11.9. The molecule has 4 nitrogen and oxygen atoms in total. The minimum Gasteiger partial charge on any atom is -0.328 e. The third kappa shape index (κ3) is 2.48. The summed E-state index contributed by atoms with van der Waals surface area (Å²) in [5.74, 6) is -0.399. The van der Waals surface area contributed by atoms with Crippen LogP contribution in [0.2, 0.25) is 0 Å². The summed E-state index contributed by atoms with van der Waals surface area (Å²) in [4.78, 5) is 25.9. The highest BCUT2D eigenvalue weighted by molar-refractivity contribution is 6.04. The van der Waals surface area contributed by atoms with Crippen molar-refractivity contribution in [1.82, 2.24) is 4.98 Å². The van der Waals surface area contributed by atoms with Gasteiger partial charge in [0, 0.05) is 11.9 Å². The highest BCUT2D eigenvalue weighted by atomic mass is 16.2. The summed E-state index contributed by atoms with van der Waals surface area (Å²) >= 11 is 0. The number of anilines is 1. The largest absolute Gasteiger partial charge is 0.328 e. The Labute approximate surface area is 105 Å². The van der Waals surface area contributed by atoms with Gasteiger partial charge in [-0.1, -0.05) is 17.7 Å². The number of H-pyrrole nitrogens is 1. The number of aryl methyl sites for hydroxylation is 2. The fourth-order valence-electron chi connectivity index (χ4n) is 1.74. The van der Waals surface area contributed by atoms with Crippen LogP contribution in [0, 0.1) is 13.8 Å². The molecule has 0 radical (unpaired) electrons. The maximum Gasteiger partial charge on any atom is 0.261 e. The molecule has 1 aromatic carbocycles. The summed E-state index contributed by atoms with van der Waals surface area (Å²) in [6.07, 6.45) is 1.50. The van der Waals surface area contributed by atoms with Gasteiger partial charge in [-0.25, -0.2) is 0 Å². The topological polar surface area (TPSA) is 62.0 Å². The number of aromatic amines is 1. The fraction of sp³-hybridized carbons (Fsp3) is 0.143. The monoisotopic (exact) mass is 242 g/mol. The van der Waals surface area contributed by atoms with Gasteiger partial charge in [0.2, 0.25) is 0 Å². The first kappa shape index (κ1) is 12.1. The van der Waals surface area contributed by atoms with Gasteiger partial charge in [-0.05, 0) is 37.6 Å². The molecule has 2 N–H and O–H groups in total. The molecule has 0 bridgehead atoms. The molecule has 2 rings (SSSR count). The Kier molecular flexibility index (Phi) is 3.28. The second-order valence-electron chi connectivity index (χ2n) is 4.19. The lowest BCUT2D eigenvalue weighted by Crippen LogP contribution is -2.22. The summed E-state index contributed by atoms with van der Waals surface area (Å²) in [5, 5.41) is 2.74. The number of carbonyl (C=O) groups is 1. The Bertz CT molecular complexity index is 644. The first-order valence-electron chi connectivity index (χ1n) is 5.64. The number of carbonyl (C=O) groups excluding carboxylic acids is 1. The lowest BCUT2D eigenvalue weighted by atomic mass is 10.1. The van der Waals surface area contributed by atoms with Crippen LogP contribution in [0.4, 0.5) is 5.69 Å². The third-order valence-electron chi connectivity index (χ3n) is 2.69. The minimum atomic E-state index is -0.399. The lowest BCUT2D eigenvalue weighted by Gasteiger charge is -2.08. The van der Waals surface area contributed by atoms with E-state index in [0.717, 1.165) is 11.1 Å². The molecule has 0 fully saturated rings. The normalized spacial score (nSPS) is 10.1. The summed E-state index contributed by atoms with van der Waals surface area (Å²) in [7, 11) is 0. The van der Waals surface area contributed by atoms with Crippen LogP contribution in [0.3, 0.4) is 0 Å². The molecule has 2 aromatic rings. The molecule has 0 unspecified atom stereocenters. The predicted octanol–water partition coefficient (Wildman–Crippen LogP) is 2.24. The van der Waals surface area contributed by atoms with Crippen molar-refractivity contribution in [3.63, 3.8) is 0 Å². The van der Waals surface area contributed by atoms with E-state index >= 15 is 0 Å². The number of pyridine rings is 1. The van der Waals surface area contributed by atoms with E-state index in [4.69, 9.17) is 0 Å². The quantitative estimate of drug-likeness (QED) is 0.848. The smallest absolute Gasteiger partial charge is 0.261 e. The van der Waals surface area contributed by atoms with Gasteiger partial charge in [0.15, 0.2) is 0 Å². The third-order valence-corrected chi connectivity index (χ3v) is 2.69. The maximum atomic E-state index is 11.9. The van der Waals surface area contributed by atoms with Gasteiger partial charge in [0.05, 0.1) is 0 Å². The van der Waals surface area contributed by atoms with E-state index in [1.807, 2.05) is 32.0 Å². The van der Waals surface area contributed by atoms with Crippen molar-refractivity contribution in [2.24, 2.45) is 0 Å². The van der Waals surface area contributed by atoms with Crippen LogP contribution < -0.4 is 10.9 Å². The van der Waals surface area contributed by atoms with Gasteiger partial charge in [-0.3, -0.25) is 9.59 Å². The molecule has 0 saturated heterocycles. The van der Waals surface area contributed by atoms with Gasteiger partial charge in [-0.2, -0.15) is 0 Å². The lowest BCUT2D eigenvalue weighted by molar-refractivity contribution is 0.102. The molecule has 0 aliphatic heterocycles. The summed E-state index contributed by atoms with van der Waals surface area (Å²) in [6.45, 7) is 3.90. The van der Waals surface area contributed by atoms with Crippen LogP contribution in [0.5, 0.6) is 0 Å². The Morgan fingerprint density at radius 3 is 2.67 bits per heavy atom. The average Bonchev–Trinajstić information content (AvgIpc) is 2.33. The highest BCUT2D eigenvalue weighted by Crippen LogP contribution is 2.16. The Hall–Kier alpha value is -2.36. The van der Waals surface area contributed by atoms with Crippen LogP contribution >= 0.6 is 0 Å². The Morgan fingerprint density at radius 2 is 2.00 bits per heavy atom. The zero-order valence-electron chi connectivity index (χ0n) is 10.3. The number of hydrogen-bond acceptors (Lipinski definition) is 2. The van der Waals surface area contributed by atoms with Gasteiger partial charge in [0.25, 0.3) is 11.5 Å². The molecule has 0 spiro atoms. The number of hydrogen-bond donors (Lipinski definition) is 2. The molecule has 0 aliphatic carbocycles. The van der Waals surface area contributed by atoms with E-state index < -0.39 is 5.91 Å². The molecule has 92 valence electrons. The summed E-state index contributed by atoms with van der Waals surface area (Å²) < 4.78 is 0. The second-order valence-corrected chi connectivity index (χ2v) is 4.19. The number of rotatable bonds is 2. The van der Waals surface area contributed by atoms with Gasteiger partial charge < -0.3 is 10.3 Å². The van der Waals surface area contributed by atoms with Gasteiger partial charge >= 0.3 is 0 Å². The predicted molar refractivity (Wildman–Crippen MR) is 70.9 cm³/mol. The van der Waals surface area contributed by atoms with Crippen molar-refractivity contribution in [2.75, 3.05) is 5.32 Å². The zero-order valence-corrected chi connectivity index (χ0v) is 10.3. The van der Waals surface area contributed by atoms with E-state index in [0.29, 0.717) is 5.69 Å². The first-order chi connectivity index (χ1) is 8.58. The number of aromatic nitrogens is 1. The van der Waals surface area contributed by atoms with Crippen molar-refractivity contribution in [1.29, 1.82) is 0 Å². The molecule has 0 saturated carbocycles. The minimum absolute atomic E-state index is 0.109. The SMILES string of the molecule is Cc1ccc(NC(=O)c2ccc[nH]c2=O)c(C)c1. The molecule has 1 amide bonds. The summed E-state index contributed by atoms with van der Waals surface area (Å²) in [5.41, 5.74) is 2.53. The van der Waals surface area contributed by atoms with Crippen LogP contribution in [0.25, 0.3) is 0 Å². The molecule has 1 heterocycles. The molecule has 0 aliphatic rings. The molecular weight excluding hydrogens is 228 g/mol. The number of benzene rings is 1. The molecule has 4 heteroatoms. The van der Waals surface area contributed by atoms with Crippen molar-refractivity contribution in [3.05, 3.63) is 63.6 Å². The van der Waals surface area contributed by atoms with Crippen LogP contribution in [0.1, 0.15) is 21.5 Å². The highest BCUT2D eigenvalue weighted by Gasteiger charge is 2.10. The van der Waals surface area contributed by atoms with Crippen molar-refractivity contribution >= 4 is 11.6 Å². The van der Waals surface area contributed by atoms with E-state index in [1.54, 1.807) is 6.07 Å². The first-order valence-corrected chi connectivity index (χ1v) is 5.64. The van der Waals surface area contributed by atoms with E-state index in [2.05, 4.69) is 10.3 Å².